The largest absolute Gasteiger partial charge is 0.480 e. The van der Waals surface area contributed by atoms with E-state index in [1.807, 2.05) is 0 Å². The molecule has 0 aromatic heterocycles. The maximum absolute atomic E-state index is 11.0. The van der Waals surface area contributed by atoms with E-state index >= 15 is 0 Å². The summed E-state index contributed by atoms with van der Waals surface area (Å²) < 4.78 is 0. The highest BCUT2D eigenvalue weighted by atomic mass is 35.5. The maximum Gasteiger partial charge on any atom is 0.320 e. The molecule has 0 saturated heterocycles. The molecule has 0 aromatic rings. The minimum absolute atomic E-state index is 0. The predicted molar refractivity (Wildman–Crippen MR) is 68.4 cm³/mol. The molecular formula is C13H22ClNO2. The van der Waals surface area contributed by atoms with E-state index in [4.69, 9.17) is 5.11 Å². The molecule has 0 aromatic carbocycles. The Bertz CT molecular complexity index is 283. The van der Waals surface area contributed by atoms with Gasteiger partial charge in [-0.25, -0.2) is 0 Å². The fourth-order valence-corrected chi connectivity index (χ4v) is 4.81. The van der Waals surface area contributed by atoms with Gasteiger partial charge in [0.05, 0.1) is 0 Å². The van der Waals surface area contributed by atoms with Gasteiger partial charge < -0.3 is 5.11 Å². The van der Waals surface area contributed by atoms with Gasteiger partial charge in [0, 0.05) is 5.54 Å². The van der Waals surface area contributed by atoms with Gasteiger partial charge in [0.25, 0.3) is 0 Å². The lowest BCUT2D eigenvalue weighted by Gasteiger charge is -2.57. The van der Waals surface area contributed by atoms with E-state index in [0.717, 1.165) is 17.8 Å². The number of halogens is 1. The smallest absolute Gasteiger partial charge is 0.320 e. The molecule has 4 aliphatic rings. The van der Waals surface area contributed by atoms with E-state index < -0.39 is 12.0 Å². The summed E-state index contributed by atoms with van der Waals surface area (Å²) in [6.45, 7) is 1.78. The van der Waals surface area contributed by atoms with Crippen LogP contribution in [0.25, 0.3) is 0 Å². The van der Waals surface area contributed by atoms with E-state index in [1.54, 1.807) is 6.92 Å². The quantitative estimate of drug-likeness (QED) is 0.819. The predicted octanol–water partition coefficient (Wildman–Crippen LogP) is 2.44. The third-order valence-corrected chi connectivity index (χ3v) is 4.93. The Morgan fingerprint density at radius 1 is 1.18 bits per heavy atom. The molecular weight excluding hydrogens is 238 g/mol. The lowest BCUT2D eigenvalue weighted by atomic mass is 9.53. The molecule has 4 fully saturated rings. The van der Waals surface area contributed by atoms with Crippen LogP contribution in [0.2, 0.25) is 0 Å². The monoisotopic (exact) mass is 259 g/mol. The first-order chi connectivity index (χ1) is 7.56. The first-order valence-electron chi connectivity index (χ1n) is 6.57. The zero-order chi connectivity index (χ0) is 11.3. The average Bonchev–Trinajstić information content (AvgIpc) is 2.13. The number of hydrogen-bond acceptors (Lipinski definition) is 2. The average molecular weight is 260 g/mol. The molecule has 0 amide bonds. The van der Waals surface area contributed by atoms with Gasteiger partial charge in [-0.2, -0.15) is 0 Å². The highest BCUT2D eigenvalue weighted by molar-refractivity contribution is 5.85. The van der Waals surface area contributed by atoms with Gasteiger partial charge >= 0.3 is 5.97 Å². The van der Waals surface area contributed by atoms with Crippen LogP contribution in [-0.4, -0.2) is 22.7 Å². The van der Waals surface area contributed by atoms with Crippen molar-refractivity contribution in [3.63, 3.8) is 0 Å². The summed E-state index contributed by atoms with van der Waals surface area (Å²) in [6.07, 6.45) is 7.87. The van der Waals surface area contributed by atoms with Gasteiger partial charge in [-0.1, -0.05) is 0 Å². The lowest BCUT2D eigenvalue weighted by Crippen LogP contribution is -2.61. The molecule has 3 nitrogen and oxygen atoms in total. The Balaban J connectivity index is 0.00000108. The number of hydrogen-bond donors (Lipinski definition) is 2. The van der Waals surface area contributed by atoms with Crippen LogP contribution < -0.4 is 5.32 Å². The van der Waals surface area contributed by atoms with Crippen molar-refractivity contribution >= 4 is 18.4 Å². The number of carbonyl (C=O) groups is 1. The van der Waals surface area contributed by atoms with Gasteiger partial charge in [-0.15, -0.1) is 12.4 Å². The lowest BCUT2D eigenvalue weighted by molar-refractivity contribution is -0.140. The molecule has 98 valence electrons. The van der Waals surface area contributed by atoms with Crippen LogP contribution in [0.3, 0.4) is 0 Å². The first-order valence-corrected chi connectivity index (χ1v) is 6.57. The van der Waals surface area contributed by atoms with Crippen molar-refractivity contribution in [2.24, 2.45) is 17.8 Å². The summed E-state index contributed by atoms with van der Waals surface area (Å²) >= 11 is 0. The van der Waals surface area contributed by atoms with Crippen LogP contribution in [0.1, 0.15) is 45.4 Å². The Morgan fingerprint density at radius 3 is 1.94 bits per heavy atom. The van der Waals surface area contributed by atoms with Crippen LogP contribution >= 0.6 is 12.4 Å². The fourth-order valence-electron chi connectivity index (χ4n) is 4.81. The van der Waals surface area contributed by atoms with Crippen LogP contribution in [-0.2, 0) is 4.79 Å². The van der Waals surface area contributed by atoms with E-state index in [2.05, 4.69) is 5.32 Å². The Morgan fingerprint density at radius 2 is 1.59 bits per heavy atom. The van der Waals surface area contributed by atoms with Gasteiger partial charge in [0.2, 0.25) is 0 Å². The van der Waals surface area contributed by atoms with Gasteiger partial charge in [-0.05, 0) is 63.2 Å². The van der Waals surface area contributed by atoms with E-state index in [-0.39, 0.29) is 17.9 Å². The Kier molecular flexibility index (Phi) is 3.43. The van der Waals surface area contributed by atoms with E-state index in [1.165, 1.54) is 38.5 Å². The second-order valence-electron chi connectivity index (χ2n) is 6.40. The second kappa shape index (κ2) is 4.43. The third kappa shape index (κ3) is 2.32. The molecule has 4 bridgehead atoms. The van der Waals surface area contributed by atoms with E-state index in [0.29, 0.717) is 0 Å². The van der Waals surface area contributed by atoms with Crippen molar-refractivity contribution in [3.8, 4) is 0 Å². The molecule has 0 spiro atoms. The van der Waals surface area contributed by atoms with Crippen LogP contribution in [0.4, 0.5) is 0 Å². The molecule has 0 aliphatic heterocycles. The Labute approximate surface area is 109 Å². The van der Waals surface area contributed by atoms with Gasteiger partial charge in [-0.3, -0.25) is 10.1 Å². The summed E-state index contributed by atoms with van der Waals surface area (Å²) in [6, 6.07) is -0.392. The molecule has 2 N–H and O–H groups in total. The topological polar surface area (TPSA) is 49.3 Å². The molecule has 0 radical (unpaired) electrons. The summed E-state index contributed by atoms with van der Waals surface area (Å²) in [5.41, 5.74) is 0.173. The minimum atomic E-state index is -0.712. The molecule has 1 atom stereocenters. The molecule has 4 aliphatic carbocycles. The summed E-state index contributed by atoms with van der Waals surface area (Å²) in [7, 11) is 0. The van der Waals surface area contributed by atoms with Crippen molar-refractivity contribution in [1.29, 1.82) is 0 Å². The summed E-state index contributed by atoms with van der Waals surface area (Å²) in [5, 5.41) is 12.4. The number of carboxylic acids is 1. The Hall–Kier alpha value is -0.280. The number of carboxylic acid groups (broad SMARTS) is 1. The van der Waals surface area contributed by atoms with Crippen molar-refractivity contribution in [3.05, 3.63) is 0 Å². The zero-order valence-electron chi connectivity index (χ0n) is 10.3. The van der Waals surface area contributed by atoms with Crippen molar-refractivity contribution < 1.29 is 9.90 Å². The number of nitrogens with one attached hydrogen (secondary N) is 1. The zero-order valence-corrected chi connectivity index (χ0v) is 11.1. The van der Waals surface area contributed by atoms with Crippen LogP contribution in [0.15, 0.2) is 0 Å². The minimum Gasteiger partial charge on any atom is -0.480 e. The van der Waals surface area contributed by atoms with Crippen molar-refractivity contribution in [2.75, 3.05) is 0 Å². The third-order valence-electron chi connectivity index (χ3n) is 4.93. The molecule has 4 heteroatoms. The summed E-state index contributed by atoms with van der Waals surface area (Å²) in [4.78, 5) is 11.0. The van der Waals surface area contributed by atoms with Crippen molar-refractivity contribution in [1.82, 2.24) is 5.32 Å². The van der Waals surface area contributed by atoms with E-state index in [9.17, 15) is 4.79 Å². The van der Waals surface area contributed by atoms with Crippen molar-refractivity contribution in [2.45, 2.75) is 57.0 Å². The van der Waals surface area contributed by atoms with Gasteiger partial charge in [0.15, 0.2) is 0 Å². The normalized spacial score (nSPS) is 44.2. The fraction of sp³-hybridized carbons (Fsp3) is 0.923. The molecule has 4 rings (SSSR count). The standard InChI is InChI=1S/C13H21NO2.ClH/c1-8(12(15)16)14-13-5-9-2-10(6-13)4-11(3-9)7-13;/h8-11,14H,2-7H2,1H3,(H,15,16);1H. The molecule has 17 heavy (non-hydrogen) atoms. The highest BCUT2D eigenvalue weighted by Gasteiger charge is 2.51. The highest BCUT2D eigenvalue weighted by Crippen LogP contribution is 2.55. The first kappa shape index (κ1) is 13.2. The summed E-state index contributed by atoms with van der Waals surface area (Å²) in [5.74, 6) is 1.91. The second-order valence-corrected chi connectivity index (χ2v) is 6.40. The SMILES string of the molecule is CC(NC12CC3CC(CC(C3)C1)C2)C(=O)O.Cl. The number of aliphatic carboxylic acids is 1. The molecule has 4 saturated carbocycles. The molecule has 1 unspecified atom stereocenters. The number of rotatable bonds is 3. The van der Waals surface area contributed by atoms with Crippen LogP contribution in [0.5, 0.6) is 0 Å². The maximum atomic E-state index is 11.0. The molecule has 0 heterocycles. The van der Waals surface area contributed by atoms with Crippen LogP contribution in [0, 0.1) is 17.8 Å². The van der Waals surface area contributed by atoms with Gasteiger partial charge in [0.1, 0.15) is 6.04 Å².